The van der Waals surface area contributed by atoms with Crippen LogP contribution >= 0.6 is 11.3 Å². The van der Waals surface area contributed by atoms with E-state index in [4.69, 9.17) is 5.73 Å². The molecule has 2 N–H and O–H groups in total. The summed E-state index contributed by atoms with van der Waals surface area (Å²) in [5.74, 6) is -0.523. The fraction of sp³-hybridized carbons (Fsp3) is 0.143. The topological polar surface area (TPSA) is 60.2 Å². The largest absolute Gasteiger partial charge is 0.365 e. The maximum atomic E-state index is 10.7. The zero-order valence-electron chi connectivity index (χ0n) is 5.96. The van der Waals surface area contributed by atoms with Gasteiger partial charge in [0.2, 0.25) is 0 Å². The highest BCUT2D eigenvalue weighted by molar-refractivity contribution is 7.15. The monoisotopic (exact) mass is 169 g/mol. The van der Waals surface area contributed by atoms with Gasteiger partial charge in [0, 0.05) is 0 Å². The van der Waals surface area contributed by atoms with Gasteiger partial charge in [0.05, 0.1) is 9.75 Å². The van der Waals surface area contributed by atoms with Crippen molar-refractivity contribution in [3.8, 4) is 0 Å². The van der Waals surface area contributed by atoms with Crippen molar-refractivity contribution in [3.63, 3.8) is 0 Å². The molecule has 0 spiro atoms. The number of ketones is 1. The number of hydrogen-bond donors (Lipinski definition) is 1. The van der Waals surface area contributed by atoms with E-state index in [-0.39, 0.29) is 5.78 Å². The molecule has 0 aliphatic rings. The zero-order valence-corrected chi connectivity index (χ0v) is 6.77. The van der Waals surface area contributed by atoms with Gasteiger partial charge in [-0.2, -0.15) is 0 Å². The van der Waals surface area contributed by atoms with Gasteiger partial charge in [-0.1, -0.05) is 0 Å². The molecule has 0 atom stereocenters. The summed E-state index contributed by atoms with van der Waals surface area (Å²) in [6.07, 6.45) is 0. The molecule has 58 valence electrons. The number of carbonyl (C=O) groups is 2. The molecule has 0 aliphatic carbocycles. The smallest absolute Gasteiger partial charge is 0.258 e. The Morgan fingerprint density at radius 2 is 1.91 bits per heavy atom. The van der Waals surface area contributed by atoms with Gasteiger partial charge >= 0.3 is 0 Å². The van der Waals surface area contributed by atoms with E-state index in [0.29, 0.717) is 9.75 Å². The van der Waals surface area contributed by atoms with E-state index < -0.39 is 5.91 Å². The third kappa shape index (κ3) is 1.65. The van der Waals surface area contributed by atoms with Crippen LogP contribution in [0.1, 0.15) is 26.3 Å². The number of primary amides is 1. The second-order valence-corrected chi connectivity index (χ2v) is 3.17. The van der Waals surface area contributed by atoms with E-state index in [1.54, 1.807) is 12.1 Å². The number of hydrogen-bond acceptors (Lipinski definition) is 3. The number of carbonyl (C=O) groups excluding carboxylic acids is 2. The maximum Gasteiger partial charge on any atom is 0.258 e. The molecular formula is C7H7NO2S. The Morgan fingerprint density at radius 3 is 2.18 bits per heavy atom. The molecule has 0 aromatic carbocycles. The third-order valence-electron chi connectivity index (χ3n) is 1.20. The molecule has 0 bridgehead atoms. The second-order valence-electron chi connectivity index (χ2n) is 2.08. The van der Waals surface area contributed by atoms with Gasteiger partial charge in [-0.3, -0.25) is 9.59 Å². The summed E-state index contributed by atoms with van der Waals surface area (Å²) in [5, 5.41) is 0. The highest BCUT2D eigenvalue weighted by Crippen LogP contribution is 2.15. The van der Waals surface area contributed by atoms with Gasteiger partial charge in [-0.05, 0) is 19.1 Å². The summed E-state index contributed by atoms with van der Waals surface area (Å²) >= 11 is 1.12. The van der Waals surface area contributed by atoms with Gasteiger partial charge < -0.3 is 5.73 Å². The lowest BCUT2D eigenvalue weighted by Crippen LogP contribution is -2.08. The fourth-order valence-electron chi connectivity index (χ4n) is 0.660. The lowest BCUT2D eigenvalue weighted by atomic mass is 10.3. The lowest BCUT2D eigenvalue weighted by Gasteiger charge is -1.84. The van der Waals surface area contributed by atoms with Crippen molar-refractivity contribution in [1.29, 1.82) is 0 Å². The van der Waals surface area contributed by atoms with Crippen LogP contribution in [-0.4, -0.2) is 11.7 Å². The van der Waals surface area contributed by atoms with Crippen LogP contribution in [-0.2, 0) is 0 Å². The van der Waals surface area contributed by atoms with E-state index in [2.05, 4.69) is 0 Å². The van der Waals surface area contributed by atoms with E-state index >= 15 is 0 Å². The van der Waals surface area contributed by atoms with Crippen molar-refractivity contribution in [1.82, 2.24) is 0 Å². The Balaban J connectivity index is 2.99. The SMILES string of the molecule is CC(=O)c1ccc(C(N)=O)s1. The van der Waals surface area contributed by atoms with Crippen LogP contribution in [0.3, 0.4) is 0 Å². The Bertz CT molecular complexity index is 275. The highest BCUT2D eigenvalue weighted by atomic mass is 32.1. The maximum absolute atomic E-state index is 10.7. The molecular weight excluding hydrogens is 162 g/mol. The Hall–Kier alpha value is -1.16. The van der Waals surface area contributed by atoms with Crippen molar-refractivity contribution in [2.75, 3.05) is 0 Å². The minimum Gasteiger partial charge on any atom is -0.365 e. The summed E-state index contributed by atoms with van der Waals surface area (Å²) in [4.78, 5) is 22.3. The molecule has 4 heteroatoms. The normalized spacial score (nSPS) is 9.55. The number of nitrogens with two attached hydrogens (primary N) is 1. The van der Waals surface area contributed by atoms with Crippen LogP contribution in [0.15, 0.2) is 12.1 Å². The number of Topliss-reactive ketones (excluding diaryl/α,β-unsaturated/α-hetero) is 1. The molecule has 0 aliphatic heterocycles. The summed E-state index contributed by atoms with van der Waals surface area (Å²) in [7, 11) is 0. The Kier molecular flexibility index (Phi) is 2.05. The first-order chi connectivity index (χ1) is 5.11. The van der Waals surface area contributed by atoms with Crippen molar-refractivity contribution >= 4 is 23.0 Å². The van der Waals surface area contributed by atoms with Crippen molar-refractivity contribution in [2.45, 2.75) is 6.92 Å². The average Bonchev–Trinajstić information content (AvgIpc) is 2.33. The molecule has 0 saturated carbocycles. The standard InChI is InChI=1S/C7H7NO2S/c1-4(9)5-2-3-6(11-5)7(8)10/h2-3H,1H3,(H2,8,10). The summed E-state index contributed by atoms with van der Waals surface area (Å²) in [6.45, 7) is 1.45. The highest BCUT2D eigenvalue weighted by Gasteiger charge is 2.06. The molecule has 0 radical (unpaired) electrons. The summed E-state index contributed by atoms with van der Waals surface area (Å²) < 4.78 is 0. The fourth-order valence-corrected chi connectivity index (χ4v) is 1.41. The quantitative estimate of drug-likeness (QED) is 0.672. The molecule has 0 unspecified atom stereocenters. The van der Waals surface area contributed by atoms with Crippen LogP contribution in [0.4, 0.5) is 0 Å². The first-order valence-electron chi connectivity index (χ1n) is 3.02. The molecule has 11 heavy (non-hydrogen) atoms. The Morgan fingerprint density at radius 1 is 1.36 bits per heavy atom. The molecule has 1 aromatic rings. The van der Waals surface area contributed by atoms with E-state index in [9.17, 15) is 9.59 Å². The minimum atomic E-state index is -0.484. The van der Waals surface area contributed by atoms with Gasteiger partial charge in [-0.15, -0.1) is 11.3 Å². The predicted molar refractivity (Wildman–Crippen MR) is 42.8 cm³/mol. The lowest BCUT2D eigenvalue weighted by molar-refractivity contribution is 0.100. The van der Waals surface area contributed by atoms with Crippen LogP contribution in [0.2, 0.25) is 0 Å². The van der Waals surface area contributed by atoms with E-state index in [0.717, 1.165) is 11.3 Å². The molecule has 1 amide bonds. The van der Waals surface area contributed by atoms with Gasteiger partial charge in [-0.25, -0.2) is 0 Å². The minimum absolute atomic E-state index is 0.0394. The van der Waals surface area contributed by atoms with Gasteiger partial charge in [0.1, 0.15) is 0 Å². The number of rotatable bonds is 2. The van der Waals surface area contributed by atoms with Crippen LogP contribution < -0.4 is 5.73 Å². The molecule has 0 fully saturated rings. The van der Waals surface area contributed by atoms with Crippen LogP contribution in [0, 0.1) is 0 Å². The summed E-state index contributed by atoms with van der Waals surface area (Å²) in [6, 6.07) is 3.16. The van der Waals surface area contributed by atoms with Crippen LogP contribution in [0.5, 0.6) is 0 Å². The van der Waals surface area contributed by atoms with Crippen molar-refractivity contribution in [2.24, 2.45) is 5.73 Å². The number of thiophene rings is 1. The second kappa shape index (κ2) is 2.84. The number of amides is 1. The molecule has 3 nitrogen and oxygen atoms in total. The van der Waals surface area contributed by atoms with Crippen LogP contribution in [0.25, 0.3) is 0 Å². The van der Waals surface area contributed by atoms with Gasteiger partial charge in [0.25, 0.3) is 5.91 Å². The first-order valence-corrected chi connectivity index (χ1v) is 3.83. The molecule has 1 aromatic heterocycles. The van der Waals surface area contributed by atoms with E-state index in [1.807, 2.05) is 0 Å². The van der Waals surface area contributed by atoms with E-state index in [1.165, 1.54) is 6.92 Å². The third-order valence-corrected chi connectivity index (χ3v) is 2.40. The molecule has 1 heterocycles. The van der Waals surface area contributed by atoms with Crippen molar-refractivity contribution in [3.05, 3.63) is 21.9 Å². The van der Waals surface area contributed by atoms with Crippen molar-refractivity contribution < 1.29 is 9.59 Å². The molecule has 1 rings (SSSR count). The first kappa shape index (κ1) is 7.94. The summed E-state index contributed by atoms with van der Waals surface area (Å²) in [5.41, 5.74) is 4.99. The zero-order chi connectivity index (χ0) is 8.43. The molecule has 0 saturated heterocycles. The predicted octanol–water partition coefficient (Wildman–Crippen LogP) is 1.05. The average molecular weight is 169 g/mol. The van der Waals surface area contributed by atoms with Gasteiger partial charge in [0.15, 0.2) is 5.78 Å². The Labute approximate surface area is 67.8 Å².